The molecule has 4 nitrogen and oxygen atoms in total. The second kappa shape index (κ2) is 6.64. The number of anilines is 3. The summed E-state index contributed by atoms with van der Waals surface area (Å²) in [6.07, 6.45) is -2.83. The van der Waals surface area contributed by atoms with E-state index in [4.69, 9.17) is 0 Å². The van der Waals surface area contributed by atoms with Crippen molar-refractivity contribution >= 4 is 17.5 Å². The number of nitrogens with one attached hydrogen (secondary N) is 2. The Balaban J connectivity index is 2.12. The van der Waals surface area contributed by atoms with Crippen LogP contribution >= 0.6 is 0 Å². The maximum absolute atomic E-state index is 12.7. The summed E-state index contributed by atoms with van der Waals surface area (Å²) in [7, 11) is 0. The van der Waals surface area contributed by atoms with Crippen molar-refractivity contribution in [2.75, 3.05) is 17.2 Å². The van der Waals surface area contributed by atoms with Crippen molar-refractivity contribution in [2.45, 2.75) is 20.0 Å². The Morgan fingerprint density at radius 3 is 2.64 bits per heavy atom. The zero-order chi connectivity index (χ0) is 16.2. The summed E-state index contributed by atoms with van der Waals surface area (Å²) in [4.78, 5) is 8.23. The van der Waals surface area contributed by atoms with Crippen LogP contribution in [0.15, 0.2) is 36.5 Å². The summed E-state index contributed by atoms with van der Waals surface area (Å²) in [6.45, 7) is 4.88. The van der Waals surface area contributed by atoms with Gasteiger partial charge in [0.2, 0.25) is 5.95 Å². The van der Waals surface area contributed by atoms with Gasteiger partial charge in [0.1, 0.15) is 5.82 Å². The molecule has 0 aliphatic heterocycles. The van der Waals surface area contributed by atoms with E-state index in [0.717, 1.165) is 18.7 Å². The second-order valence-electron chi connectivity index (χ2n) is 5.24. The summed E-state index contributed by atoms with van der Waals surface area (Å²) < 4.78 is 38.0. The first-order valence-corrected chi connectivity index (χ1v) is 6.86. The van der Waals surface area contributed by atoms with Gasteiger partial charge in [-0.1, -0.05) is 19.9 Å². The van der Waals surface area contributed by atoms with Crippen LogP contribution in [0.5, 0.6) is 0 Å². The largest absolute Gasteiger partial charge is 0.416 e. The minimum atomic E-state index is -4.38. The van der Waals surface area contributed by atoms with Gasteiger partial charge in [-0.3, -0.25) is 0 Å². The third-order valence-corrected chi connectivity index (χ3v) is 2.79. The number of alkyl halides is 3. The number of nitrogens with zero attached hydrogens (tertiary/aromatic N) is 2. The summed E-state index contributed by atoms with van der Waals surface area (Å²) in [6, 6.07) is 6.63. The Morgan fingerprint density at radius 1 is 1.18 bits per heavy atom. The molecule has 2 aromatic rings. The normalized spacial score (nSPS) is 11.5. The Hall–Kier alpha value is -2.31. The second-order valence-corrected chi connectivity index (χ2v) is 5.24. The minimum Gasteiger partial charge on any atom is -0.370 e. The Labute approximate surface area is 126 Å². The van der Waals surface area contributed by atoms with Crippen molar-refractivity contribution < 1.29 is 13.2 Å². The molecule has 0 atom stereocenters. The first-order valence-electron chi connectivity index (χ1n) is 6.86. The van der Waals surface area contributed by atoms with Gasteiger partial charge in [-0.05, 0) is 30.2 Å². The van der Waals surface area contributed by atoms with Crippen LogP contribution in [0.2, 0.25) is 0 Å². The smallest absolute Gasteiger partial charge is 0.370 e. The van der Waals surface area contributed by atoms with Gasteiger partial charge in [0.05, 0.1) is 5.56 Å². The highest BCUT2D eigenvalue weighted by atomic mass is 19.4. The quantitative estimate of drug-likeness (QED) is 0.864. The lowest BCUT2D eigenvalue weighted by Crippen LogP contribution is -2.10. The van der Waals surface area contributed by atoms with E-state index >= 15 is 0 Å². The predicted molar refractivity (Wildman–Crippen MR) is 80.1 cm³/mol. The summed E-state index contributed by atoms with van der Waals surface area (Å²) in [5, 5.41) is 5.92. The standard InChI is InChI=1S/C15H17F3N4/c1-10(2)9-20-13-6-7-19-14(22-13)21-12-5-3-4-11(8-12)15(16,17)18/h3-8,10H,9H2,1-2H3,(H2,19,20,21,22). The van der Waals surface area contributed by atoms with Crippen LogP contribution in [-0.2, 0) is 6.18 Å². The van der Waals surface area contributed by atoms with Gasteiger partial charge < -0.3 is 10.6 Å². The monoisotopic (exact) mass is 310 g/mol. The van der Waals surface area contributed by atoms with E-state index in [-0.39, 0.29) is 11.6 Å². The predicted octanol–water partition coefficient (Wildman–Crippen LogP) is 4.31. The first-order chi connectivity index (χ1) is 10.3. The van der Waals surface area contributed by atoms with Crippen molar-refractivity contribution in [1.82, 2.24) is 9.97 Å². The molecular weight excluding hydrogens is 293 g/mol. The molecule has 1 aromatic carbocycles. The van der Waals surface area contributed by atoms with Crippen molar-refractivity contribution in [1.29, 1.82) is 0 Å². The lowest BCUT2D eigenvalue weighted by Gasteiger charge is -2.11. The summed E-state index contributed by atoms with van der Waals surface area (Å²) in [5.41, 5.74) is -0.428. The van der Waals surface area contributed by atoms with Crippen LogP contribution in [0.4, 0.5) is 30.6 Å². The molecule has 7 heteroatoms. The van der Waals surface area contributed by atoms with Crippen molar-refractivity contribution in [3.63, 3.8) is 0 Å². The van der Waals surface area contributed by atoms with Crippen LogP contribution in [-0.4, -0.2) is 16.5 Å². The molecule has 0 unspecified atom stereocenters. The van der Waals surface area contributed by atoms with E-state index in [1.54, 1.807) is 12.3 Å². The molecule has 1 heterocycles. The molecule has 118 valence electrons. The van der Waals surface area contributed by atoms with Crippen LogP contribution in [0, 0.1) is 5.92 Å². The third kappa shape index (κ3) is 4.61. The maximum Gasteiger partial charge on any atom is 0.416 e. The molecule has 2 N–H and O–H groups in total. The van der Waals surface area contributed by atoms with E-state index in [1.165, 1.54) is 12.1 Å². The Morgan fingerprint density at radius 2 is 1.95 bits per heavy atom. The minimum absolute atomic E-state index is 0.244. The van der Waals surface area contributed by atoms with Gasteiger partial charge in [-0.2, -0.15) is 18.2 Å². The molecule has 1 aromatic heterocycles. The van der Waals surface area contributed by atoms with Crippen LogP contribution in [0.25, 0.3) is 0 Å². The molecule has 0 saturated heterocycles. The van der Waals surface area contributed by atoms with E-state index in [2.05, 4.69) is 34.4 Å². The molecule has 0 bridgehead atoms. The van der Waals surface area contributed by atoms with Crippen LogP contribution in [0.3, 0.4) is 0 Å². The number of hydrogen-bond donors (Lipinski definition) is 2. The lowest BCUT2D eigenvalue weighted by atomic mass is 10.2. The molecule has 0 saturated carbocycles. The first kappa shape index (κ1) is 16.1. The highest BCUT2D eigenvalue weighted by molar-refractivity contribution is 5.56. The molecule has 0 radical (unpaired) electrons. The highest BCUT2D eigenvalue weighted by Crippen LogP contribution is 2.31. The van der Waals surface area contributed by atoms with Gasteiger partial charge in [-0.15, -0.1) is 0 Å². The molecule has 0 aliphatic carbocycles. The highest BCUT2D eigenvalue weighted by Gasteiger charge is 2.30. The number of rotatable bonds is 5. The Kier molecular flexibility index (Phi) is 4.85. The van der Waals surface area contributed by atoms with E-state index in [1.807, 2.05) is 0 Å². The zero-order valence-corrected chi connectivity index (χ0v) is 12.3. The molecule has 2 rings (SSSR count). The number of benzene rings is 1. The van der Waals surface area contributed by atoms with Gasteiger partial charge in [0, 0.05) is 18.4 Å². The number of halogens is 3. The average Bonchev–Trinajstić information content (AvgIpc) is 2.45. The topological polar surface area (TPSA) is 49.8 Å². The van der Waals surface area contributed by atoms with Crippen LogP contribution in [0.1, 0.15) is 19.4 Å². The van der Waals surface area contributed by atoms with E-state index < -0.39 is 11.7 Å². The molecule has 0 amide bonds. The van der Waals surface area contributed by atoms with Crippen LogP contribution < -0.4 is 10.6 Å². The fraction of sp³-hybridized carbons (Fsp3) is 0.333. The zero-order valence-electron chi connectivity index (χ0n) is 12.3. The van der Waals surface area contributed by atoms with Crippen molar-refractivity contribution in [3.05, 3.63) is 42.1 Å². The molecular formula is C15H17F3N4. The van der Waals surface area contributed by atoms with Gasteiger partial charge in [0.15, 0.2) is 0 Å². The fourth-order valence-electron chi connectivity index (χ4n) is 1.73. The average molecular weight is 310 g/mol. The SMILES string of the molecule is CC(C)CNc1ccnc(Nc2cccc(C(F)(F)F)c2)n1. The number of aromatic nitrogens is 2. The van der Waals surface area contributed by atoms with Gasteiger partial charge in [0.25, 0.3) is 0 Å². The molecule has 0 aliphatic rings. The van der Waals surface area contributed by atoms with Gasteiger partial charge >= 0.3 is 6.18 Å². The van der Waals surface area contributed by atoms with E-state index in [9.17, 15) is 13.2 Å². The molecule has 22 heavy (non-hydrogen) atoms. The van der Waals surface area contributed by atoms with Crippen molar-refractivity contribution in [2.24, 2.45) is 5.92 Å². The summed E-state index contributed by atoms with van der Waals surface area (Å²) >= 11 is 0. The summed E-state index contributed by atoms with van der Waals surface area (Å²) in [5.74, 6) is 1.32. The third-order valence-electron chi connectivity index (χ3n) is 2.79. The molecule has 0 spiro atoms. The van der Waals surface area contributed by atoms with Crippen molar-refractivity contribution in [3.8, 4) is 0 Å². The van der Waals surface area contributed by atoms with E-state index in [0.29, 0.717) is 11.7 Å². The molecule has 0 fully saturated rings. The van der Waals surface area contributed by atoms with Gasteiger partial charge in [-0.25, -0.2) is 4.98 Å². The Bertz CT molecular complexity index is 626. The maximum atomic E-state index is 12.7. The number of hydrogen-bond acceptors (Lipinski definition) is 4. The fourth-order valence-corrected chi connectivity index (χ4v) is 1.73. The lowest BCUT2D eigenvalue weighted by molar-refractivity contribution is -0.137.